The molecular formula is C25H36O2. The molecule has 0 heterocycles. The molecule has 0 aliphatic heterocycles. The molecule has 3 aliphatic carbocycles. The molecule has 1 aromatic rings. The minimum absolute atomic E-state index is 0.142. The van der Waals surface area contributed by atoms with E-state index in [-0.39, 0.29) is 5.41 Å². The van der Waals surface area contributed by atoms with Crippen LogP contribution in [0.5, 0.6) is 11.5 Å². The van der Waals surface area contributed by atoms with Gasteiger partial charge < -0.3 is 9.47 Å². The average molecular weight is 369 g/mol. The minimum Gasteiger partial charge on any atom is -0.493 e. The Morgan fingerprint density at radius 2 is 1.63 bits per heavy atom. The van der Waals surface area contributed by atoms with Crippen LogP contribution in [0.2, 0.25) is 0 Å². The number of hydrogen-bond donors (Lipinski definition) is 0. The van der Waals surface area contributed by atoms with E-state index in [0.29, 0.717) is 16.7 Å². The number of ether oxygens (including phenoxy) is 2. The molecular weight excluding hydrogens is 332 g/mol. The number of benzene rings is 1. The van der Waals surface area contributed by atoms with Gasteiger partial charge in [0, 0.05) is 0 Å². The lowest BCUT2D eigenvalue weighted by Crippen LogP contribution is -2.58. The van der Waals surface area contributed by atoms with Gasteiger partial charge in [0.05, 0.1) is 14.2 Å². The molecule has 27 heavy (non-hydrogen) atoms. The molecule has 0 aromatic heterocycles. The molecule has 148 valence electrons. The van der Waals surface area contributed by atoms with Crippen molar-refractivity contribution in [2.75, 3.05) is 14.2 Å². The van der Waals surface area contributed by atoms with Crippen molar-refractivity contribution < 1.29 is 9.47 Å². The molecule has 0 bridgehead atoms. The number of hydrogen-bond acceptors (Lipinski definition) is 2. The first-order valence-electron chi connectivity index (χ1n) is 10.6. The highest BCUT2D eigenvalue weighted by Crippen LogP contribution is 2.68. The van der Waals surface area contributed by atoms with Crippen molar-refractivity contribution in [3.05, 3.63) is 35.4 Å². The van der Waals surface area contributed by atoms with Gasteiger partial charge in [-0.2, -0.15) is 0 Å². The summed E-state index contributed by atoms with van der Waals surface area (Å²) in [6, 6.07) is 4.46. The van der Waals surface area contributed by atoms with Crippen LogP contribution in [0.4, 0.5) is 0 Å². The third-order valence-corrected chi connectivity index (χ3v) is 8.58. The van der Waals surface area contributed by atoms with Crippen LogP contribution in [-0.2, 0) is 11.8 Å². The van der Waals surface area contributed by atoms with Gasteiger partial charge in [0.2, 0.25) is 0 Å². The third kappa shape index (κ3) is 2.51. The largest absolute Gasteiger partial charge is 0.493 e. The van der Waals surface area contributed by atoms with Crippen molar-refractivity contribution >= 4 is 0 Å². The van der Waals surface area contributed by atoms with Gasteiger partial charge in [-0.1, -0.05) is 46.3 Å². The van der Waals surface area contributed by atoms with E-state index in [0.717, 1.165) is 23.8 Å². The summed E-state index contributed by atoms with van der Waals surface area (Å²) in [5, 5.41) is 0. The van der Waals surface area contributed by atoms with Crippen LogP contribution >= 0.6 is 0 Å². The van der Waals surface area contributed by atoms with Crippen LogP contribution < -0.4 is 9.47 Å². The number of allylic oxidation sites excluding steroid dienone is 1. The predicted octanol–water partition coefficient (Wildman–Crippen LogP) is 6.32. The summed E-state index contributed by atoms with van der Waals surface area (Å²) in [6.45, 7) is 14.7. The molecule has 0 spiro atoms. The quantitative estimate of drug-likeness (QED) is 0.569. The summed E-state index contributed by atoms with van der Waals surface area (Å²) >= 11 is 0. The molecule has 4 rings (SSSR count). The van der Waals surface area contributed by atoms with E-state index in [1.54, 1.807) is 14.2 Å². The van der Waals surface area contributed by atoms with Crippen molar-refractivity contribution in [1.29, 1.82) is 0 Å². The second kappa shape index (κ2) is 6.03. The van der Waals surface area contributed by atoms with Gasteiger partial charge in [-0.05, 0) is 83.4 Å². The lowest BCUT2D eigenvalue weighted by Gasteiger charge is -2.64. The average Bonchev–Trinajstić information content (AvgIpc) is 2.59. The zero-order valence-corrected chi connectivity index (χ0v) is 18.1. The molecule has 2 saturated carbocycles. The first-order valence-corrected chi connectivity index (χ1v) is 10.6. The van der Waals surface area contributed by atoms with E-state index in [9.17, 15) is 0 Å². The van der Waals surface area contributed by atoms with Crippen molar-refractivity contribution in [2.45, 2.75) is 71.6 Å². The molecule has 2 heteroatoms. The van der Waals surface area contributed by atoms with Crippen molar-refractivity contribution in [3.8, 4) is 11.5 Å². The molecule has 0 saturated heterocycles. The van der Waals surface area contributed by atoms with Crippen LogP contribution in [-0.4, -0.2) is 14.2 Å². The smallest absolute Gasteiger partial charge is 0.161 e. The summed E-state index contributed by atoms with van der Waals surface area (Å²) in [7, 11) is 3.47. The normalized spacial score (nSPS) is 37.0. The number of rotatable bonds is 2. The van der Waals surface area contributed by atoms with Crippen LogP contribution in [0.25, 0.3) is 0 Å². The summed E-state index contributed by atoms with van der Waals surface area (Å²) < 4.78 is 11.3. The fourth-order valence-electron chi connectivity index (χ4n) is 7.70. The Bertz CT molecular complexity index is 777. The van der Waals surface area contributed by atoms with Gasteiger partial charge in [0.1, 0.15) is 0 Å². The van der Waals surface area contributed by atoms with Gasteiger partial charge in [0.15, 0.2) is 11.5 Å². The van der Waals surface area contributed by atoms with Crippen LogP contribution in [0.1, 0.15) is 70.9 Å². The molecule has 2 nitrogen and oxygen atoms in total. The lowest BCUT2D eigenvalue weighted by molar-refractivity contribution is -0.0936. The minimum atomic E-state index is 0.142. The predicted molar refractivity (Wildman–Crippen MR) is 112 cm³/mol. The lowest BCUT2D eigenvalue weighted by atomic mass is 9.40. The van der Waals surface area contributed by atoms with Gasteiger partial charge in [-0.25, -0.2) is 0 Å². The van der Waals surface area contributed by atoms with Crippen molar-refractivity contribution in [3.63, 3.8) is 0 Å². The van der Waals surface area contributed by atoms with Crippen LogP contribution in [0.15, 0.2) is 24.3 Å². The Hall–Kier alpha value is -1.44. The summed E-state index contributed by atoms with van der Waals surface area (Å²) in [5.74, 6) is 3.04. The second-order valence-electron chi connectivity index (χ2n) is 10.5. The van der Waals surface area contributed by atoms with Gasteiger partial charge in [-0.3, -0.25) is 0 Å². The second-order valence-corrected chi connectivity index (χ2v) is 10.5. The molecule has 4 unspecified atom stereocenters. The first-order chi connectivity index (χ1) is 12.7. The maximum atomic E-state index is 5.67. The monoisotopic (exact) mass is 368 g/mol. The van der Waals surface area contributed by atoms with Crippen molar-refractivity contribution in [1.82, 2.24) is 0 Å². The highest BCUT2D eigenvalue weighted by molar-refractivity contribution is 5.54. The highest BCUT2D eigenvalue weighted by Gasteiger charge is 2.60. The Morgan fingerprint density at radius 3 is 2.30 bits per heavy atom. The van der Waals surface area contributed by atoms with Gasteiger partial charge >= 0.3 is 0 Å². The van der Waals surface area contributed by atoms with E-state index in [2.05, 4.69) is 46.4 Å². The van der Waals surface area contributed by atoms with Crippen molar-refractivity contribution in [2.24, 2.45) is 22.7 Å². The van der Waals surface area contributed by atoms with E-state index in [1.165, 1.54) is 48.8 Å². The van der Waals surface area contributed by atoms with Gasteiger partial charge in [0.25, 0.3) is 0 Å². The van der Waals surface area contributed by atoms with E-state index in [4.69, 9.17) is 9.47 Å². The Morgan fingerprint density at radius 1 is 0.963 bits per heavy atom. The van der Waals surface area contributed by atoms with Crippen LogP contribution in [0, 0.1) is 22.7 Å². The molecule has 4 atom stereocenters. The molecule has 0 N–H and O–H groups in total. The Kier molecular flexibility index (Phi) is 4.22. The number of fused-ring (bicyclic) bond motifs is 5. The molecule has 2 fully saturated rings. The molecule has 3 aliphatic rings. The maximum absolute atomic E-state index is 5.67. The highest BCUT2D eigenvalue weighted by atomic mass is 16.5. The maximum Gasteiger partial charge on any atom is 0.161 e. The fraction of sp³-hybridized carbons (Fsp3) is 0.680. The topological polar surface area (TPSA) is 18.5 Å². The SMILES string of the molecule is C=C1Cc2cc(OC)c(OC)cc2C2(C)CCC3C(C)(C)CCCC3(C)C12. The first kappa shape index (κ1) is 18.9. The zero-order valence-electron chi connectivity index (χ0n) is 18.1. The van der Waals surface area contributed by atoms with E-state index in [1.807, 2.05) is 0 Å². The summed E-state index contributed by atoms with van der Waals surface area (Å²) in [5.41, 5.74) is 5.21. The Labute approximate surface area is 165 Å². The third-order valence-electron chi connectivity index (χ3n) is 8.58. The molecule has 1 aromatic carbocycles. The Balaban J connectivity index is 1.87. The number of methoxy groups -OCH3 is 2. The van der Waals surface area contributed by atoms with Gasteiger partial charge in [-0.15, -0.1) is 0 Å². The van der Waals surface area contributed by atoms with E-state index >= 15 is 0 Å². The zero-order chi connectivity index (χ0) is 19.6. The fourth-order valence-corrected chi connectivity index (χ4v) is 7.70. The van der Waals surface area contributed by atoms with Crippen LogP contribution in [0.3, 0.4) is 0 Å². The summed E-state index contributed by atoms with van der Waals surface area (Å²) in [6.07, 6.45) is 7.57. The molecule has 0 radical (unpaired) electrons. The standard InChI is InChI=1S/C25H36O2/c1-16-13-17-14-19(26-6)20(27-7)15-18(17)24(4)12-9-21-23(2,3)10-8-11-25(21,5)22(16)24/h14-15,21-22H,1,8-13H2,2-7H3. The summed E-state index contributed by atoms with van der Waals surface area (Å²) in [4.78, 5) is 0. The molecule has 0 amide bonds. The van der Waals surface area contributed by atoms with E-state index < -0.39 is 0 Å².